The van der Waals surface area contributed by atoms with Gasteiger partial charge in [0.15, 0.2) is 6.10 Å². The first-order valence-corrected chi connectivity index (χ1v) is 9.97. The van der Waals surface area contributed by atoms with E-state index in [1.54, 1.807) is 31.2 Å². The van der Waals surface area contributed by atoms with Crippen LogP contribution in [0.15, 0.2) is 48.5 Å². The summed E-state index contributed by atoms with van der Waals surface area (Å²) in [6, 6.07) is 14.9. The molecule has 0 heterocycles. The molecule has 5 nitrogen and oxygen atoms in total. The average molecular weight is 380 g/mol. The smallest absolute Gasteiger partial charge is 0.265 e. The van der Waals surface area contributed by atoms with Crippen molar-refractivity contribution in [1.82, 2.24) is 5.32 Å². The maximum Gasteiger partial charge on any atom is 0.265 e. The average Bonchev–Trinajstić information content (AvgIpc) is 2.69. The summed E-state index contributed by atoms with van der Waals surface area (Å²) >= 11 is 0. The fourth-order valence-corrected chi connectivity index (χ4v) is 3.48. The summed E-state index contributed by atoms with van der Waals surface area (Å²) < 4.78 is 5.74. The lowest BCUT2D eigenvalue weighted by molar-refractivity contribution is -0.122. The van der Waals surface area contributed by atoms with E-state index in [0.717, 1.165) is 31.2 Å². The monoisotopic (exact) mass is 380 g/mol. The Balaban J connectivity index is 1.64. The van der Waals surface area contributed by atoms with Gasteiger partial charge >= 0.3 is 0 Å². The second-order valence-electron chi connectivity index (χ2n) is 7.42. The van der Waals surface area contributed by atoms with Crippen LogP contribution < -0.4 is 15.4 Å². The number of rotatable bonds is 6. The van der Waals surface area contributed by atoms with E-state index in [2.05, 4.69) is 10.6 Å². The molecule has 0 bridgehead atoms. The predicted molar refractivity (Wildman–Crippen MR) is 111 cm³/mol. The Kier molecular flexibility index (Phi) is 6.69. The Morgan fingerprint density at radius 2 is 1.79 bits per heavy atom. The molecule has 1 atom stereocenters. The highest BCUT2D eigenvalue weighted by Crippen LogP contribution is 2.21. The van der Waals surface area contributed by atoms with Gasteiger partial charge in [-0.2, -0.15) is 0 Å². The molecule has 3 rings (SSSR count). The van der Waals surface area contributed by atoms with Crippen molar-refractivity contribution < 1.29 is 14.3 Å². The normalized spacial score (nSPS) is 15.5. The number of carbonyl (C=O) groups is 2. The maximum atomic E-state index is 12.7. The molecule has 1 saturated carbocycles. The molecular weight excluding hydrogens is 352 g/mol. The van der Waals surface area contributed by atoms with Gasteiger partial charge in [-0.3, -0.25) is 9.59 Å². The van der Waals surface area contributed by atoms with Crippen molar-refractivity contribution in [3.63, 3.8) is 0 Å². The molecule has 0 radical (unpaired) electrons. The topological polar surface area (TPSA) is 67.4 Å². The van der Waals surface area contributed by atoms with E-state index in [1.165, 1.54) is 6.42 Å². The maximum absolute atomic E-state index is 12.7. The van der Waals surface area contributed by atoms with E-state index in [0.29, 0.717) is 17.0 Å². The lowest BCUT2D eigenvalue weighted by atomic mass is 9.95. The van der Waals surface area contributed by atoms with Crippen molar-refractivity contribution in [3.05, 3.63) is 59.7 Å². The van der Waals surface area contributed by atoms with Crippen LogP contribution in [-0.4, -0.2) is 24.0 Å². The van der Waals surface area contributed by atoms with E-state index >= 15 is 0 Å². The summed E-state index contributed by atoms with van der Waals surface area (Å²) in [5, 5.41) is 5.94. The van der Waals surface area contributed by atoms with E-state index < -0.39 is 6.10 Å². The fourth-order valence-electron chi connectivity index (χ4n) is 3.48. The largest absolute Gasteiger partial charge is 0.481 e. The minimum atomic E-state index is -0.684. The molecule has 0 saturated heterocycles. The molecule has 1 aliphatic carbocycles. The lowest BCUT2D eigenvalue weighted by Gasteiger charge is -2.23. The molecule has 28 heavy (non-hydrogen) atoms. The SMILES string of the molecule is Cc1cccc(O[C@@H](C)C(=O)Nc2ccccc2C(=O)NC2CCCCC2)c1. The Morgan fingerprint density at radius 1 is 1.04 bits per heavy atom. The van der Waals surface area contributed by atoms with Crippen molar-refractivity contribution in [3.8, 4) is 5.75 Å². The minimum Gasteiger partial charge on any atom is -0.481 e. The van der Waals surface area contributed by atoms with Gasteiger partial charge in [0.25, 0.3) is 11.8 Å². The van der Waals surface area contributed by atoms with Crippen LogP contribution in [0.25, 0.3) is 0 Å². The van der Waals surface area contributed by atoms with Crippen LogP contribution >= 0.6 is 0 Å². The van der Waals surface area contributed by atoms with Crippen LogP contribution in [-0.2, 0) is 4.79 Å². The van der Waals surface area contributed by atoms with Crippen LogP contribution in [0.2, 0.25) is 0 Å². The molecule has 2 amide bonds. The van der Waals surface area contributed by atoms with Gasteiger partial charge in [0.1, 0.15) is 5.75 Å². The quantitative estimate of drug-likeness (QED) is 0.777. The standard InChI is InChI=1S/C23H28N2O3/c1-16-9-8-12-19(15-16)28-17(2)22(26)25-21-14-7-6-13-20(21)23(27)24-18-10-4-3-5-11-18/h6-9,12-15,17-18H,3-5,10-11H2,1-2H3,(H,24,27)(H,25,26)/t17-/m0/s1. The summed E-state index contributed by atoms with van der Waals surface area (Å²) in [7, 11) is 0. The first kappa shape index (κ1) is 19.9. The van der Waals surface area contributed by atoms with E-state index in [4.69, 9.17) is 4.74 Å². The van der Waals surface area contributed by atoms with Gasteiger partial charge in [0.2, 0.25) is 0 Å². The first-order valence-electron chi connectivity index (χ1n) is 9.97. The zero-order chi connectivity index (χ0) is 19.9. The number of ether oxygens (including phenoxy) is 1. The number of aryl methyl sites for hydroxylation is 1. The predicted octanol–water partition coefficient (Wildman–Crippen LogP) is 4.46. The van der Waals surface area contributed by atoms with Gasteiger partial charge in [-0.1, -0.05) is 43.5 Å². The number of hydrogen-bond donors (Lipinski definition) is 2. The van der Waals surface area contributed by atoms with Crippen molar-refractivity contribution in [2.24, 2.45) is 0 Å². The van der Waals surface area contributed by atoms with Crippen LogP contribution in [0.3, 0.4) is 0 Å². The molecule has 5 heteroatoms. The molecule has 0 aliphatic heterocycles. The fraction of sp³-hybridized carbons (Fsp3) is 0.391. The molecule has 1 fully saturated rings. The highest BCUT2D eigenvalue weighted by atomic mass is 16.5. The van der Waals surface area contributed by atoms with Crippen LogP contribution in [0.4, 0.5) is 5.69 Å². The highest BCUT2D eigenvalue weighted by molar-refractivity contribution is 6.04. The number of hydrogen-bond acceptors (Lipinski definition) is 3. The van der Waals surface area contributed by atoms with Gasteiger partial charge in [-0.25, -0.2) is 0 Å². The molecule has 0 spiro atoms. The number of benzene rings is 2. The van der Waals surface area contributed by atoms with Crippen LogP contribution in [0, 0.1) is 6.92 Å². The summed E-state index contributed by atoms with van der Waals surface area (Å²) in [4.78, 5) is 25.3. The lowest BCUT2D eigenvalue weighted by Crippen LogP contribution is -2.37. The second kappa shape index (κ2) is 9.40. The molecule has 0 aromatic heterocycles. The third-order valence-electron chi connectivity index (χ3n) is 5.04. The molecular formula is C23H28N2O3. The number of para-hydroxylation sites is 1. The van der Waals surface area contributed by atoms with Gasteiger partial charge in [0.05, 0.1) is 11.3 Å². The molecule has 148 valence electrons. The number of nitrogens with one attached hydrogen (secondary N) is 2. The third-order valence-corrected chi connectivity index (χ3v) is 5.04. The molecule has 2 aromatic carbocycles. The highest BCUT2D eigenvalue weighted by Gasteiger charge is 2.21. The van der Waals surface area contributed by atoms with E-state index in [9.17, 15) is 9.59 Å². The summed E-state index contributed by atoms with van der Waals surface area (Å²) in [6.45, 7) is 3.67. The molecule has 2 N–H and O–H groups in total. The van der Waals surface area contributed by atoms with Crippen molar-refractivity contribution >= 4 is 17.5 Å². The zero-order valence-electron chi connectivity index (χ0n) is 16.5. The van der Waals surface area contributed by atoms with Crippen LogP contribution in [0.5, 0.6) is 5.75 Å². The third kappa shape index (κ3) is 5.35. The Morgan fingerprint density at radius 3 is 2.54 bits per heavy atom. The molecule has 1 aliphatic rings. The van der Waals surface area contributed by atoms with Crippen LogP contribution in [0.1, 0.15) is 54.9 Å². The number of carbonyl (C=O) groups excluding carboxylic acids is 2. The minimum absolute atomic E-state index is 0.143. The van der Waals surface area contributed by atoms with Gasteiger partial charge < -0.3 is 15.4 Å². The Hall–Kier alpha value is -2.82. The van der Waals surface area contributed by atoms with Gasteiger partial charge in [-0.05, 0) is 56.5 Å². The van der Waals surface area contributed by atoms with Crippen molar-refractivity contribution in [2.75, 3.05) is 5.32 Å². The summed E-state index contributed by atoms with van der Waals surface area (Å²) in [5.74, 6) is 0.209. The Labute approximate surface area is 166 Å². The Bertz CT molecular complexity index is 828. The number of anilines is 1. The summed E-state index contributed by atoms with van der Waals surface area (Å²) in [5.41, 5.74) is 2.04. The van der Waals surface area contributed by atoms with Crippen molar-refractivity contribution in [1.29, 1.82) is 0 Å². The first-order chi connectivity index (χ1) is 13.5. The van der Waals surface area contributed by atoms with E-state index in [-0.39, 0.29) is 17.9 Å². The van der Waals surface area contributed by atoms with E-state index in [1.807, 2.05) is 31.2 Å². The van der Waals surface area contributed by atoms with Crippen molar-refractivity contribution in [2.45, 2.75) is 58.1 Å². The van der Waals surface area contributed by atoms with Gasteiger partial charge in [-0.15, -0.1) is 0 Å². The van der Waals surface area contributed by atoms with Gasteiger partial charge in [0, 0.05) is 6.04 Å². The molecule has 0 unspecified atom stereocenters. The number of amides is 2. The second-order valence-corrected chi connectivity index (χ2v) is 7.42. The summed E-state index contributed by atoms with van der Waals surface area (Å²) in [6.07, 6.45) is 4.88. The zero-order valence-corrected chi connectivity index (χ0v) is 16.5. The molecule has 2 aromatic rings.